The minimum atomic E-state index is -0.442. The molecule has 132 valence electrons. The van der Waals surface area contributed by atoms with Crippen molar-refractivity contribution in [1.82, 2.24) is 9.13 Å². The Labute approximate surface area is 146 Å². The zero-order valence-corrected chi connectivity index (χ0v) is 14.4. The van der Waals surface area contributed by atoms with Crippen molar-refractivity contribution in [3.05, 3.63) is 63.4 Å². The SMILES string of the molecule is C=C/C(C#N)=C(\C=C)Cn1c(N2CCC[C@@H](N)C2)cc(=O)n(C)c1=O. The second-order valence-corrected chi connectivity index (χ2v) is 6.08. The van der Waals surface area contributed by atoms with Crippen molar-refractivity contribution in [2.24, 2.45) is 12.8 Å². The predicted molar refractivity (Wildman–Crippen MR) is 98.4 cm³/mol. The Morgan fingerprint density at radius 2 is 2.16 bits per heavy atom. The van der Waals surface area contributed by atoms with Crippen LogP contribution < -0.4 is 21.9 Å². The molecule has 0 spiro atoms. The first-order valence-electron chi connectivity index (χ1n) is 8.12. The zero-order valence-electron chi connectivity index (χ0n) is 14.4. The summed E-state index contributed by atoms with van der Waals surface area (Å²) in [6.45, 7) is 8.77. The Bertz CT molecular complexity index is 869. The van der Waals surface area contributed by atoms with Crippen molar-refractivity contribution in [2.75, 3.05) is 18.0 Å². The summed E-state index contributed by atoms with van der Waals surface area (Å²) in [5.41, 5.74) is 6.14. The largest absolute Gasteiger partial charge is 0.356 e. The quantitative estimate of drug-likeness (QED) is 0.627. The third kappa shape index (κ3) is 3.80. The van der Waals surface area contributed by atoms with Crippen molar-refractivity contribution in [3.63, 3.8) is 0 Å². The number of nitrogens with two attached hydrogens (primary N) is 1. The van der Waals surface area contributed by atoms with Gasteiger partial charge in [-0.15, -0.1) is 0 Å². The highest BCUT2D eigenvalue weighted by Crippen LogP contribution is 2.19. The summed E-state index contributed by atoms with van der Waals surface area (Å²) in [6, 6.07) is 3.49. The van der Waals surface area contributed by atoms with E-state index in [1.54, 1.807) is 0 Å². The van der Waals surface area contributed by atoms with E-state index >= 15 is 0 Å². The highest BCUT2D eigenvalue weighted by Gasteiger charge is 2.22. The third-order valence-corrected chi connectivity index (χ3v) is 4.40. The Morgan fingerprint density at radius 3 is 2.72 bits per heavy atom. The molecule has 7 heteroatoms. The van der Waals surface area contributed by atoms with E-state index in [4.69, 9.17) is 5.73 Å². The molecule has 1 aromatic heterocycles. The molecule has 0 saturated carbocycles. The maximum Gasteiger partial charge on any atom is 0.332 e. The van der Waals surface area contributed by atoms with Crippen LogP contribution in [0.15, 0.2) is 52.1 Å². The van der Waals surface area contributed by atoms with Crippen LogP contribution >= 0.6 is 0 Å². The molecular formula is C18H23N5O2. The first kappa shape index (κ1) is 18.5. The van der Waals surface area contributed by atoms with Gasteiger partial charge >= 0.3 is 5.69 Å². The Morgan fingerprint density at radius 1 is 1.44 bits per heavy atom. The highest BCUT2D eigenvalue weighted by atomic mass is 16.2. The van der Waals surface area contributed by atoms with Crippen molar-refractivity contribution in [3.8, 4) is 6.07 Å². The Balaban J connectivity index is 2.62. The van der Waals surface area contributed by atoms with E-state index in [9.17, 15) is 14.9 Å². The minimum Gasteiger partial charge on any atom is -0.356 e. The van der Waals surface area contributed by atoms with Gasteiger partial charge in [0.25, 0.3) is 5.56 Å². The first-order chi connectivity index (χ1) is 11.9. The standard InChI is InChI=1S/C18H23N5O2/c1-4-13(10-19)14(5-2)11-23-16(9-17(24)21(3)18(23)25)22-8-6-7-15(20)12-22/h4-5,9,15H,1-2,6-8,11-12,20H2,3H3/b14-13-/t15-/m1/s1. The summed E-state index contributed by atoms with van der Waals surface area (Å²) in [4.78, 5) is 26.8. The number of rotatable bonds is 5. The molecule has 1 fully saturated rings. The smallest absolute Gasteiger partial charge is 0.332 e. The second-order valence-electron chi connectivity index (χ2n) is 6.08. The van der Waals surface area contributed by atoms with Gasteiger partial charge in [0.1, 0.15) is 5.82 Å². The monoisotopic (exact) mass is 341 g/mol. The van der Waals surface area contributed by atoms with Crippen LogP contribution in [0.4, 0.5) is 5.82 Å². The molecule has 2 N–H and O–H groups in total. The van der Waals surface area contributed by atoms with Gasteiger partial charge < -0.3 is 10.6 Å². The predicted octanol–water partition coefficient (Wildman–Crippen LogP) is 0.667. The van der Waals surface area contributed by atoms with Crippen LogP contribution in [0, 0.1) is 11.3 Å². The van der Waals surface area contributed by atoms with Gasteiger partial charge in [-0.05, 0) is 18.4 Å². The fraction of sp³-hybridized carbons (Fsp3) is 0.389. The normalized spacial score (nSPS) is 18.3. The molecule has 1 aliphatic rings. The maximum absolute atomic E-state index is 12.7. The number of aromatic nitrogens is 2. The summed E-state index contributed by atoms with van der Waals surface area (Å²) in [6.07, 6.45) is 4.77. The average Bonchev–Trinajstić information content (AvgIpc) is 2.61. The molecule has 1 aromatic rings. The topological polar surface area (TPSA) is 97.1 Å². The molecule has 0 aliphatic carbocycles. The van der Waals surface area contributed by atoms with E-state index in [1.165, 1.54) is 29.8 Å². The number of nitrogens with zero attached hydrogens (tertiary/aromatic N) is 4. The molecule has 0 aromatic carbocycles. The average molecular weight is 341 g/mol. The van der Waals surface area contributed by atoms with E-state index in [-0.39, 0.29) is 18.1 Å². The van der Waals surface area contributed by atoms with E-state index in [1.807, 2.05) is 11.0 Å². The van der Waals surface area contributed by atoms with Gasteiger partial charge in [-0.1, -0.05) is 25.3 Å². The molecule has 0 amide bonds. The molecular weight excluding hydrogens is 318 g/mol. The van der Waals surface area contributed by atoms with Crippen molar-refractivity contribution in [1.29, 1.82) is 5.26 Å². The van der Waals surface area contributed by atoms with Gasteiger partial charge in [-0.2, -0.15) is 5.26 Å². The molecule has 1 saturated heterocycles. The first-order valence-corrected chi connectivity index (χ1v) is 8.12. The Hall–Kier alpha value is -2.85. The number of allylic oxidation sites excluding steroid dienone is 4. The van der Waals surface area contributed by atoms with Gasteiger partial charge in [0.2, 0.25) is 0 Å². The number of hydrogen-bond donors (Lipinski definition) is 1. The van der Waals surface area contributed by atoms with Gasteiger partial charge in [0, 0.05) is 32.2 Å². The molecule has 0 bridgehead atoms. The Kier molecular flexibility index (Phi) is 5.78. The van der Waals surface area contributed by atoms with E-state index in [0.29, 0.717) is 23.5 Å². The number of hydrogen-bond acceptors (Lipinski definition) is 5. The fourth-order valence-electron chi connectivity index (χ4n) is 2.97. The van der Waals surface area contributed by atoms with E-state index in [2.05, 4.69) is 13.2 Å². The van der Waals surface area contributed by atoms with Gasteiger partial charge in [-0.3, -0.25) is 13.9 Å². The van der Waals surface area contributed by atoms with Crippen molar-refractivity contribution >= 4 is 5.82 Å². The lowest BCUT2D eigenvalue weighted by atomic mass is 10.1. The number of anilines is 1. The zero-order chi connectivity index (χ0) is 18.6. The van der Waals surface area contributed by atoms with Crippen LogP contribution in [-0.2, 0) is 13.6 Å². The maximum atomic E-state index is 12.7. The lowest BCUT2D eigenvalue weighted by molar-refractivity contribution is 0.491. The number of nitriles is 1. The van der Waals surface area contributed by atoms with Gasteiger partial charge in [0.05, 0.1) is 18.2 Å². The highest BCUT2D eigenvalue weighted by molar-refractivity contribution is 5.44. The molecule has 0 unspecified atom stereocenters. The van der Waals surface area contributed by atoms with E-state index in [0.717, 1.165) is 24.0 Å². The van der Waals surface area contributed by atoms with Crippen LogP contribution in [-0.4, -0.2) is 28.3 Å². The van der Waals surface area contributed by atoms with E-state index < -0.39 is 5.69 Å². The summed E-state index contributed by atoms with van der Waals surface area (Å²) in [5, 5.41) is 9.23. The molecule has 7 nitrogen and oxygen atoms in total. The summed E-state index contributed by atoms with van der Waals surface area (Å²) < 4.78 is 2.53. The third-order valence-electron chi connectivity index (χ3n) is 4.40. The van der Waals surface area contributed by atoms with Crippen molar-refractivity contribution < 1.29 is 0 Å². The lowest BCUT2D eigenvalue weighted by Crippen LogP contribution is -2.47. The van der Waals surface area contributed by atoms with Crippen LogP contribution in [0.1, 0.15) is 12.8 Å². The minimum absolute atomic E-state index is 0.00128. The molecule has 1 aliphatic heterocycles. The van der Waals surface area contributed by atoms with Crippen LogP contribution in [0.5, 0.6) is 0 Å². The van der Waals surface area contributed by atoms with Gasteiger partial charge in [0.15, 0.2) is 0 Å². The summed E-state index contributed by atoms with van der Waals surface area (Å²) in [7, 11) is 1.43. The molecule has 2 heterocycles. The second kappa shape index (κ2) is 7.81. The molecule has 1 atom stereocenters. The van der Waals surface area contributed by atoms with Gasteiger partial charge in [-0.25, -0.2) is 4.79 Å². The van der Waals surface area contributed by atoms with Crippen molar-refractivity contribution in [2.45, 2.75) is 25.4 Å². The van der Waals surface area contributed by atoms with Crippen LogP contribution in [0.3, 0.4) is 0 Å². The molecule has 25 heavy (non-hydrogen) atoms. The van der Waals surface area contributed by atoms with Crippen LogP contribution in [0.2, 0.25) is 0 Å². The summed E-state index contributed by atoms with van der Waals surface area (Å²) in [5.74, 6) is 0.518. The lowest BCUT2D eigenvalue weighted by Gasteiger charge is -2.34. The van der Waals surface area contributed by atoms with Crippen LogP contribution in [0.25, 0.3) is 0 Å². The number of piperidine rings is 1. The molecule has 0 radical (unpaired) electrons. The summed E-state index contributed by atoms with van der Waals surface area (Å²) >= 11 is 0. The molecule has 2 rings (SSSR count). The fourth-order valence-corrected chi connectivity index (χ4v) is 2.97.